The number of hydrogen-bond donors (Lipinski definition) is 1. The number of aromatic nitrogens is 2. The van der Waals surface area contributed by atoms with Gasteiger partial charge in [0, 0.05) is 32.0 Å². The van der Waals surface area contributed by atoms with Crippen molar-refractivity contribution < 1.29 is 4.74 Å². The molecule has 2 fully saturated rings. The molecule has 134 valence electrons. The van der Waals surface area contributed by atoms with Crippen LogP contribution in [0.4, 0.5) is 0 Å². The zero-order valence-electron chi connectivity index (χ0n) is 15.3. The number of nitrogens with zero attached hydrogens (tertiary/aromatic N) is 3. The molecule has 1 spiro atoms. The molecule has 2 aliphatic rings. The smallest absolute Gasteiger partial charge is 0.0833 e. The summed E-state index contributed by atoms with van der Waals surface area (Å²) in [6, 6.07) is 6.51. The molecular formula is C20H28N4O. The second kappa shape index (κ2) is 6.90. The van der Waals surface area contributed by atoms with Crippen molar-refractivity contribution in [2.24, 2.45) is 0 Å². The molecule has 0 atom stereocenters. The van der Waals surface area contributed by atoms with Crippen molar-refractivity contribution in [2.45, 2.75) is 38.8 Å². The molecule has 0 amide bonds. The predicted octanol–water partition coefficient (Wildman–Crippen LogP) is 2.44. The molecule has 5 nitrogen and oxygen atoms in total. The highest BCUT2D eigenvalue weighted by molar-refractivity contribution is 5.48. The van der Waals surface area contributed by atoms with E-state index in [1.807, 2.05) is 23.1 Å². The standard InChI is InChI=1S/C20H28N4O/c1-16-12-17(2)18(19(13-16)24-9-3-6-22-24)14-23-10-11-25-20(15-23)4-7-21-8-5-20/h3,6,9,12-13,21H,4-5,7-8,10-11,14-15H2,1-2H3. The SMILES string of the molecule is Cc1cc(C)c(CN2CCOC3(CCNCC3)C2)c(-n2cccn2)c1. The van der Waals surface area contributed by atoms with E-state index in [4.69, 9.17) is 4.74 Å². The lowest BCUT2D eigenvalue weighted by atomic mass is 9.90. The van der Waals surface area contributed by atoms with Crippen LogP contribution in [0.25, 0.3) is 5.69 Å². The molecule has 2 saturated heterocycles. The molecule has 1 N–H and O–H groups in total. The Bertz CT molecular complexity index is 714. The topological polar surface area (TPSA) is 42.3 Å². The summed E-state index contributed by atoms with van der Waals surface area (Å²) in [7, 11) is 0. The molecule has 3 heterocycles. The molecule has 2 aromatic rings. The third kappa shape index (κ3) is 3.50. The number of aryl methyl sites for hydroxylation is 2. The van der Waals surface area contributed by atoms with Crippen LogP contribution < -0.4 is 5.32 Å². The molecule has 0 unspecified atom stereocenters. The van der Waals surface area contributed by atoms with Crippen LogP contribution in [0.1, 0.15) is 29.5 Å². The summed E-state index contributed by atoms with van der Waals surface area (Å²) in [6.45, 7) is 10.3. The first-order valence-electron chi connectivity index (χ1n) is 9.32. The van der Waals surface area contributed by atoms with Gasteiger partial charge in [-0.3, -0.25) is 4.90 Å². The van der Waals surface area contributed by atoms with Crippen LogP contribution in [0.2, 0.25) is 0 Å². The Labute approximate surface area is 150 Å². The zero-order valence-corrected chi connectivity index (χ0v) is 15.3. The van der Waals surface area contributed by atoms with E-state index < -0.39 is 0 Å². The van der Waals surface area contributed by atoms with Crippen molar-refractivity contribution in [3.8, 4) is 5.69 Å². The molecule has 5 heteroatoms. The van der Waals surface area contributed by atoms with E-state index in [0.717, 1.165) is 52.2 Å². The number of hydrogen-bond acceptors (Lipinski definition) is 4. The Morgan fingerprint density at radius 2 is 2.08 bits per heavy atom. The van der Waals surface area contributed by atoms with Crippen LogP contribution in [-0.2, 0) is 11.3 Å². The van der Waals surface area contributed by atoms with Crippen LogP contribution in [0.15, 0.2) is 30.6 Å². The second-order valence-corrected chi connectivity index (χ2v) is 7.52. The van der Waals surface area contributed by atoms with Gasteiger partial charge in [-0.05, 0) is 68.6 Å². The predicted molar refractivity (Wildman–Crippen MR) is 99.1 cm³/mol. The highest BCUT2D eigenvalue weighted by atomic mass is 16.5. The fourth-order valence-corrected chi connectivity index (χ4v) is 4.26. The third-order valence-corrected chi connectivity index (χ3v) is 5.57. The molecule has 0 aliphatic carbocycles. The first kappa shape index (κ1) is 16.8. The minimum Gasteiger partial charge on any atom is -0.372 e. The van der Waals surface area contributed by atoms with Crippen LogP contribution in [-0.4, -0.2) is 53.1 Å². The molecule has 0 bridgehead atoms. The van der Waals surface area contributed by atoms with E-state index >= 15 is 0 Å². The van der Waals surface area contributed by atoms with Crippen LogP contribution >= 0.6 is 0 Å². The maximum atomic E-state index is 6.23. The Morgan fingerprint density at radius 1 is 1.24 bits per heavy atom. The molecule has 1 aromatic carbocycles. The van der Waals surface area contributed by atoms with Gasteiger partial charge in [0.1, 0.15) is 0 Å². The van der Waals surface area contributed by atoms with E-state index in [9.17, 15) is 0 Å². The molecular weight excluding hydrogens is 312 g/mol. The summed E-state index contributed by atoms with van der Waals surface area (Å²) in [5.41, 5.74) is 5.25. The second-order valence-electron chi connectivity index (χ2n) is 7.52. The summed E-state index contributed by atoms with van der Waals surface area (Å²) >= 11 is 0. The van der Waals surface area contributed by atoms with E-state index in [2.05, 4.69) is 41.3 Å². The first-order valence-corrected chi connectivity index (χ1v) is 9.32. The van der Waals surface area contributed by atoms with E-state index in [1.165, 1.54) is 22.4 Å². The van der Waals surface area contributed by atoms with Crippen molar-refractivity contribution >= 4 is 0 Å². The lowest BCUT2D eigenvalue weighted by Gasteiger charge is -2.45. The van der Waals surface area contributed by atoms with Crippen molar-refractivity contribution in [3.63, 3.8) is 0 Å². The van der Waals surface area contributed by atoms with Gasteiger partial charge >= 0.3 is 0 Å². The molecule has 4 rings (SSSR count). The van der Waals surface area contributed by atoms with Crippen molar-refractivity contribution in [1.82, 2.24) is 20.0 Å². The summed E-state index contributed by atoms with van der Waals surface area (Å²) in [5.74, 6) is 0. The van der Waals surface area contributed by atoms with Crippen molar-refractivity contribution in [3.05, 3.63) is 47.3 Å². The average Bonchev–Trinajstić information content (AvgIpc) is 3.12. The molecule has 1 aromatic heterocycles. The first-order chi connectivity index (χ1) is 12.2. The van der Waals surface area contributed by atoms with Gasteiger partial charge in [0.05, 0.1) is 17.9 Å². The normalized spacial score (nSPS) is 20.9. The van der Waals surface area contributed by atoms with Gasteiger partial charge in [-0.2, -0.15) is 5.10 Å². The van der Waals surface area contributed by atoms with Gasteiger partial charge in [0.25, 0.3) is 0 Å². The largest absolute Gasteiger partial charge is 0.372 e. The molecule has 0 saturated carbocycles. The Hall–Kier alpha value is -1.69. The summed E-state index contributed by atoms with van der Waals surface area (Å²) in [6.07, 6.45) is 6.11. The Balaban J connectivity index is 1.60. The van der Waals surface area contributed by atoms with E-state index in [1.54, 1.807) is 0 Å². The van der Waals surface area contributed by atoms with Crippen LogP contribution in [0.3, 0.4) is 0 Å². The van der Waals surface area contributed by atoms with Crippen LogP contribution in [0, 0.1) is 13.8 Å². The van der Waals surface area contributed by atoms with Gasteiger partial charge in [-0.15, -0.1) is 0 Å². The molecule has 0 radical (unpaired) electrons. The number of morpholine rings is 1. The maximum absolute atomic E-state index is 6.23. The Kier molecular flexibility index (Phi) is 4.63. The minimum atomic E-state index is 0.0496. The van der Waals surface area contributed by atoms with Crippen LogP contribution in [0.5, 0.6) is 0 Å². The van der Waals surface area contributed by atoms with E-state index in [0.29, 0.717) is 0 Å². The number of piperidine rings is 1. The van der Waals surface area contributed by atoms with E-state index in [-0.39, 0.29) is 5.60 Å². The third-order valence-electron chi connectivity index (χ3n) is 5.57. The number of ether oxygens (including phenoxy) is 1. The number of benzene rings is 1. The maximum Gasteiger partial charge on any atom is 0.0833 e. The van der Waals surface area contributed by atoms with Crippen molar-refractivity contribution in [2.75, 3.05) is 32.8 Å². The lowest BCUT2D eigenvalue weighted by molar-refractivity contribution is -0.125. The number of rotatable bonds is 3. The summed E-state index contributed by atoms with van der Waals surface area (Å²) < 4.78 is 8.22. The lowest BCUT2D eigenvalue weighted by Crippen LogP contribution is -2.56. The summed E-state index contributed by atoms with van der Waals surface area (Å²) in [5, 5.41) is 7.92. The highest BCUT2D eigenvalue weighted by Gasteiger charge is 2.37. The molecule has 25 heavy (non-hydrogen) atoms. The minimum absolute atomic E-state index is 0.0496. The highest BCUT2D eigenvalue weighted by Crippen LogP contribution is 2.30. The van der Waals surface area contributed by atoms with Gasteiger partial charge in [-0.25, -0.2) is 4.68 Å². The fraction of sp³-hybridized carbons (Fsp3) is 0.550. The zero-order chi connectivity index (χ0) is 17.3. The van der Waals surface area contributed by atoms with Gasteiger partial charge in [-0.1, -0.05) is 6.07 Å². The number of nitrogens with one attached hydrogen (secondary N) is 1. The van der Waals surface area contributed by atoms with Gasteiger partial charge < -0.3 is 10.1 Å². The Morgan fingerprint density at radius 3 is 2.84 bits per heavy atom. The summed E-state index contributed by atoms with van der Waals surface area (Å²) in [4.78, 5) is 2.57. The average molecular weight is 340 g/mol. The molecule has 2 aliphatic heterocycles. The van der Waals surface area contributed by atoms with Crippen molar-refractivity contribution in [1.29, 1.82) is 0 Å². The monoisotopic (exact) mass is 340 g/mol. The van der Waals surface area contributed by atoms with Gasteiger partial charge in [0.15, 0.2) is 0 Å². The fourth-order valence-electron chi connectivity index (χ4n) is 4.26. The quantitative estimate of drug-likeness (QED) is 0.932. The van der Waals surface area contributed by atoms with Gasteiger partial charge in [0.2, 0.25) is 0 Å².